The second-order valence-electron chi connectivity index (χ2n) is 4.38. The van der Waals surface area contributed by atoms with Crippen LogP contribution in [0.1, 0.15) is 25.0 Å². The van der Waals surface area contributed by atoms with Crippen molar-refractivity contribution >= 4 is 0 Å². The Morgan fingerprint density at radius 2 is 2.12 bits per heavy atom. The average molecular weight is 222 g/mol. The summed E-state index contributed by atoms with van der Waals surface area (Å²) < 4.78 is 13.0. The van der Waals surface area contributed by atoms with Crippen LogP contribution in [-0.2, 0) is 6.54 Å². The Bertz CT molecular complexity index is 404. The first kappa shape index (κ1) is 12.6. The molecule has 3 nitrogen and oxygen atoms in total. The van der Waals surface area contributed by atoms with E-state index in [9.17, 15) is 9.50 Å². The van der Waals surface area contributed by atoms with Crippen LogP contribution >= 0.6 is 0 Å². The first-order chi connectivity index (χ1) is 7.40. The van der Waals surface area contributed by atoms with E-state index in [1.807, 2.05) is 6.07 Å². The number of hydrogen-bond acceptors (Lipinski definition) is 3. The minimum Gasteiger partial charge on any atom is -0.389 e. The molecule has 0 spiro atoms. The summed E-state index contributed by atoms with van der Waals surface area (Å²) in [5, 5.41) is 21.1. The minimum atomic E-state index is -0.800. The molecule has 0 atom stereocenters. The van der Waals surface area contributed by atoms with Gasteiger partial charge in [-0.05, 0) is 37.6 Å². The molecule has 0 heterocycles. The van der Waals surface area contributed by atoms with Crippen LogP contribution in [0.4, 0.5) is 4.39 Å². The highest BCUT2D eigenvalue weighted by Crippen LogP contribution is 2.08. The topological polar surface area (TPSA) is 56.0 Å². The Labute approximate surface area is 94.5 Å². The summed E-state index contributed by atoms with van der Waals surface area (Å²) in [7, 11) is 0. The molecule has 0 fully saturated rings. The molecular weight excluding hydrogens is 207 g/mol. The molecule has 0 aromatic heterocycles. The molecule has 86 valence electrons. The number of nitrogens with one attached hydrogen (secondary N) is 1. The highest BCUT2D eigenvalue weighted by atomic mass is 19.1. The fraction of sp³-hybridized carbons (Fsp3) is 0.417. The van der Waals surface area contributed by atoms with Crippen LogP contribution in [0, 0.1) is 17.1 Å². The van der Waals surface area contributed by atoms with Gasteiger partial charge in [-0.2, -0.15) is 5.26 Å². The Balaban J connectivity index is 2.61. The molecule has 0 bridgehead atoms. The summed E-state index contributed by atoms with van der Waals surface area (Å²) in [6.07, 6.45) is 0. The van der Waals surface area contributed by atoms with Gasteiger partial charge in [0.05, 0.1) is 17.2 Å². The average Bonchev–Trinajstić information content (AvgIpc) is 2.14. The molecule has 1 rings (SSSR count). The Morgan fingerprint density at radius 1 is 1.44 bits per heavy atom. The minimum absolute atomic E-state index is 0.306. The van der Waals surface area contributed by atoms with E-state index in [0.29, 0.717) is 24.2 Å². The summed E-state index contributed by atoms with van der Waals surface area (Å²) in [4.78, 5) is 0. The molecular formula is C12H15FN2O. The van der Waals surface area contributed by atoms with Crippen LogP contribution in [0.15, 0.2) is 18.2 Å². The lowest BCUT2D eigenvalue weighted by atomic mass is 10.1. The van der Waals surface area contributed by atoms with E-state index in [4.69, 9.17) is 5.26 Å². The maximum atomic E-state index is 13.0. The van der Waals surface area contributed by atoms with Crippen LogP contribution in [0.2, 0.25) is 0 Å². The van der Waals surface area contributed by atoms with E-state index in [1.165, 1.54) is 12.1 Å². The van der Waals surface area contributed by atoms with Crippen LogP contribution in [-0.4, -0.2) is 17.3 Å². The zero-order valence-electron chi connectivity index (χ0n) is 9.42. The van der Waals surface area contributed by atoms with Gasteiger partial charge in [0.15, 0.2) is 0 Å². The highest BCUT2D eigenvalue weighted by molar-refractivity contribution is 5.33. The molecule has 0 aliphatic carbocycles. The third-order valence-electron chi connectivity index (χ3n) is 1.97. The molecule has 0 amide bonds. The number of nitrogens with zero attached hydrogens (tertiary/aromatic N) is 1. The molecule has 1 aromatic rings. The molecule has 16 heavy (non-hydrogen) atoms. The first-order valence-corrected chi connectivity index (χ1v) is 5.03. The third-order valence-corrected chi connectivity index (χ3v) is 1.97. The molecule has 4 heteroatoms. The van der Waals surface area contributed by atoms with E-state index in [1.54, 1.807) is 19.9 Å². The van der Waals surface area contributed by atoms with Crippen molar-refractivity contribution in [2.24, 2.45) is 0 Å². The third kappa shape index (κ3) is 4.39. The maximum Gasteiger partial charge on any atom is 0.124 e. The highest BCUT2D eigenvalue weighted by Gasteiger charge is 2.11. The van der Waals surface area contributed by atoms with E-state index in [2.05, 4.69) is 5.32 Å². The Kier molecular flexibility index (Phi) is 3.99. The second kappa shape index (κ2) is 5.06. The van der Waals surface area contributed by atoms with Gasteiger partial charge in [0.2, 0.25) is 0 Å². The van der Waals surface area contributed by atoms with Gasteiger partial charge in [0.1, 0.15) is 5.82 Å². The van der Waals surface area contributed by atoms with Gasteiger partial charge in [0, 0.05) is 13.1 Å². The van der Waals surface area contributed by atoms with Crippen LogP contribution < -0.4 is 5.32 Å². The summed E-state index contributed by atoms with van der Waals surface area (Å²) >= 11 is 0. The maximum absolute atomic E-state index is 13.0. The number of rotatable bonds is 4. The van der Waals surface area contributed by atoms with Crippen LogP contribution in [0.5, 0.6) is 0 Å². The smallest absolute Gasteiger partial charge is 0.124 e. The molecule has 0 saturated heterocycles. The van der Waals surface area contributed by atoms with Crippen molar-refractivity contribution < 1.29 is 9.50 Å². The summed E-state index contributed by atoms with van der Waals surface area (Å²) in [6, 6.07) is 6.09. The molecule has 0 unspecified atom stereocenters. The Morgan fingerprint density at radius 3 is 2.69 bits per heavy atom. The number of halogens is 1. The van der Waals surface area contributed by atoms with Gasteiger partial charge < -0.3 is 10.4 Å². The fourth-order valence-electron chi connectivity index (χ4n) is 1.33. The normalized spacial score (nSPS) is 11.2. The standard InChI is InChI=1S/C12H15FN2O/c1-12(2,16)8-15-7-10-3-9(6-14)4-11(13)5-10/h3-5,15-16H,7-8H2,1-2H3. The van der Waals surface area contributed by atoms with Gasteiger partial charge in [-0.1, -0.05) is 0 Å². The van der Waals surface area contributed by atoms with Gasteiger partial charge in [-0.25, -0.2) is 4.39 Å². The second-order valence-corrected chi connectivity index (χ2v) is 4.38. The van der Waals surface area contributed by atoms with Crippen LogP contribution in [0.25, 0.3) is 0 Å². The predicted molar refractivity (Wildman–Crippen MR) is 59.1 cm³/mol. The molecule has 0 radical (unpaired) electrons. The number of nitriles is 1. The predicted octanol–water partition coefficient (Wildman–Crippen LogP) is 1.56. The van der Waals surface area contributed by atoms with Crippen molar-refractivity contribution in [3.05, 3.63) is 35.1 Å². The van der Waals surface area contributed by atoms with Crippen LogP contribution in [0.3, 0.4) is 0 Å². The molecule has 0 aliphatic rings. The summed E-state index contributed by atoms with van der Waals surface area (Å²) in [5.74, 6) is -0.417. The zero-order valence-corrected chi connectivity index (χ0v) is 9.42. The van der Waals surface area contributed by atoms with E-state index >= 15 is 0 Å². The largest absolute Gasteiger partial charge is 0.389 e. The molecule has 1 aromatic carbocycles. The van der Waals surface area contributed by atoms with Crippen molar-refractivity contribution in [1.82, 2.24) is 5.32 Å². The van der Waals surface area contributed by atoms with Gasteiger partial charge in [-0.3, -0.25) is 0 Å². The van der Waals surface area contributed by atoms with Crippen molar-refractivity contribution in [2.45, 2.75) is 26.0 Å². The number of benzene rings is 1. The molecule has 0 saturated carbocycles. The lowest BCUT2D eigenvalue weighted by Crippen LogP contribution is -2.34. The lowest BCUT2D eigenvalue weighted by molar-refractivity contribution is 0.0795. The monoisotopic (exact) mass is 222 g/mol. The molecule has 2 N–H and O–H groups in total. The molecule has 0 aliphatic heterocycles. The lowest BCUT2D eigenvalue weighted by Gasteiger charge is -2.17. The summed E-state index contributed by atoms with van der Waals surface area (Å²) in [6.45, 7) is 4.21. The van der Waals surface area contributed by atoms with Crippen molar-refractivity contribution in [3.8, 4) is 6.07 Å². The van der Waals surface area contributed by atoms with Gasteiger partial charge in [-0.15, -0.1) is 0 Å². The zero-order chi connectivity index (χ0) is 12.2. The fourth-order valence-corrected chi connectivity index (χ4v) is 1.33. The summed E-state index contributed by atoms with van der Waals surface area (Å²) in [5.41, 5.74) is 0.201. The van der Waals surface area contributed by atoms with E-state index in [-0.39, 0.29) is 0 Å². The SMILES string of the molecule is CC(C)(O)CNCc1cc(F)cc(C#N)c1. The van der Waals surface area contributed by atoms with Crippen molar-refractivity contribution in [1.29, 1.82) is 5.26 Å². The van der Waals surface area contributed by atoms with E-state index < -0.39 is 11.4 Å². The number of aliphatic hydroxyl groups is 1. The van der Waals surface area contributed by atoms with Gasteiger partial charge >= 0.3 is 0 Å². The Hall–Kier alpha value is -1.44. The van der Waals surface area contributed by atoms with Crippen molar-refractivity contribution in [3.63, 3.8) is 0 Å². The quantitative estimate of drug-likeness (QED) is 0.812. The van der Waals surface area contributed by atoms with Gasteiger partial charge in [0.25, 0.3) is 0 Å². The first-order valence-electron chi connectivity index (χ1n) is 5.03. The van der Waals surface area contributed by atoms with E-state index in [0.717, 1.165) is 0 Å². The number of hydrogen-bond donors (Lipinski definition) is 2. The van der Waals surface area contributed by atoms with Crippen molar-refractivity contribution in [2.75, 3.05) is 6.54 Å².